The van der Waals surface area contributed by atoms with E-state index in [0.29, 0.717) is 17.6 Å². The summed E-state index contributed by atoms with van der Waals surface area (Å²) in [5.41, 5.74) is 17.9. The van der Waals surface area contributed by atoms with Crippen LogP contribution in [-0.2, 0) is 16.2 Å². The van der Waals surface area contributed by atoms with Gasteiger partial charge in [-0.25, -0.2) is 4.98 Å². The predicted molar refractivity (Wildman–Crippen MR) is 282 cm³/mol. The standard InChI is InChI=1S/C63H53N5/c1-60(2)49-27-19-18-26-43(49)44-34-47-45-32-40(28-30-53(45)67(55(47)36-50(44)60)42-24-16-11-17-25-42)41-29-31-54-46(33-41)48-35-51-52(62(5,6)63(7,8)61(51,3)4)37-56(48)68(54)59-65-57(38-20-12-9-13-21-38)64-58(66-59)39-22-14-10-15-23-39/h9-37H,1-8H3. The Balaban J connectivity index is 1.07. The summed E-state index contributed by atoms with van der Waals surface area (Å²) in [5, 5.41) is 4.87. The fraction of sp³-hybridized carbons (Fsp3) is 0.190. The minimum Gasteiger partial charge on any atom is -0.309 e. The molecule has 0 saturated carbocycles. The summed E-state index contributed by atoms with van der Waals surface area (Å²) in [6, 6.07) is 64.2. The van der Waals surface area contributed by atoms with E-state index in [-0.39, 0.29) is 21.7 Å². The predicted octanol–water partition coefficient (Wildman–Crippen LogP) is 16.0. The van der Waals surface area contributed by atoms with Crippen LogP contribution in [-0.4, -0.2) is 24.1 Å². The molecule has 0 atom stereocenters. The second-order valence-electron chi connectivity index (χ2n) is 21.4. The Kier molecular flexibility index (Phi) is 8.34. The lowest BCUT2D eigenvalue weighted by molar-refractivity contribution is 0.125. The topological polar surface area (TPSA) is 48.5 Å². The van der Waals surface area contributed by atoms with E-state index in [2.05, 4.69) is 204 Å². The molecule has 0 spiro atoms. The van der Waals surface area contributed by atoms with Crippen LogP contribution in [0.25, 0.3) is 100 Å². The molecule has 5 nitrogen and oxygen atoms in total. The van der Waals surface area contributed by atoms with E-state index in [1.54, 1.807) is 0 Å². The quantitative estimate of drug-likeness (QED) is 0.173. The molecule has 0 fully saturated rings. The highest BCUT2D eigenvalue weighted by atomic mass is 15.2. The highest BCUT2D eigenvalue weighted by molar-refractivity contribution is 6.14. The second kappa shape index (κ2) is 14.0. The van der Waals surface area contributed by atoms with Gasteiger partial charge in [0.15, 0.2) is 11.6 Å². The molecule has 68 heavy (non-hydrogen) atoms. The molecule has 0 N–H and O–H groups in total. The van der Waals surface area contributed by atoms with E-state index in [1.807, 2.05) is 36.4 Å². The van der Waals surface area contributed by atoms with Gasteiger partial charge in [-0.05, 0) is 121 Å². The molecule has 330 valence electrons. The summed E-state index contributed by atoms with van der Waals surface area (Å²) in [6.45, 7) is 19.3. The highest BCUT2D eigenvalue weighted by Crippen LogP contribution is 2.62. The van der Waals surface area contributed by atoms with Crippen molar-refractivity contribution in [2.45, 2.75) is 71.6 Å². The Morgan fingerprint density at radius 1 is 0.338 bits per heavy atom. The molecule has 0 aliphatic heterocycles. The average Bonchev–Trinajstić information content (AvgIpc) is 3.97. The lowest BCUT2D eigenvalue weighted by Gasteiger charge is -2.44. The van der Waals surface area contributed by atoms with Crippen LogP contribution in [0, 0.1) is 5.41 Å². The molecule has 3 heterocycles. The lowest BCUT2D eigenvalue weighted by atomic mass is 9.59. The first-order valence-electron chi connectivity index (χ1n) is 24.0. The molecule has 13 rings (SSSR count). The first kappa shape index (κ1) is 40.6. The van der Waals surface area contributed by atoms with Crippen LogP contribution in [0.4, 0.5) is 0 Å². The van der Waals surface area contributed by atoms with Crippen molar-refractivity contribution in [2.75, 3.05) is 0 Å². The number of hydrogen-bond donors (Lipinski definition) is 0. The molecule has 11 aromatic rings. The molecular weight excluding hydrogens is 827 g/mol. The van der Waals surface area contributed by atoms with Crippen LogP contribution < -0.4 is 0 Å². The zero-order valence-corrected chi connectivity index (χ0v) is 40.0. The maximum Gasteiger partial charge on any atom is 0.238 e. The van der Waals surface area contributed by atoms with Crippen molar-refractivity contribution in [1.29, 1.82) is 0 Å². The van der Waals surface area contributed by atoms with Gasteiger partial charge in [0.05, 0.1) is 22.1 Å². The van der Waals surface area contributed by atoms with E-state index in [9.17, 15) is 0 Å². The van der Waals surface area contributed by atoms with Gasteiger partial charge in [-0.1, -0.05) is 171 Å². The minimum atomic E-state index is -0.105. The lowest BCUT2D eigenvalue weighted by Crippen LogP contribution is -2.42. The number of rotatable bonds is 5. The molecule has 0 unspecified atom stereocenters. The molecular formula is C63H53N5. The molecule has 0 radical (unpaired) electrons. The number of benzene rings is 8. The Morgan fingerprint density at radius 2 is 0.809 bits per heavy atom. The highest BCUT2D eigenvalue weighted by Gasteiger charge is 2.57. The second-order valence-corrected chi connectivity index (χ2v) is 21.4. The number of aromatic nitrogens is 5. The first-order chi connectivity index (χ1) is 32.7. The van der Waals surface area contributed by atoms with E-state index < -0.39 is 0 Å². The van der Waals surface area contributed by atoms with Crippen molar-refractivity contribution in [1.82, 2.24) is 24.1 Å². The zero-order chi connectivity index (χ0) is 46.5. The van der Waals surface area contributed by atoms with Crippen molar-refractivity contribution >= 4 is 43.6 Å². The molecule has 8 aromatic carbocycles. The fourth-order valence-electron chi connectivity index (χ4n) is 12.1. The Hall–Kier alpha value is -7.63. The fourth-order valence-corrected chi connectivity index (χ4v) is 12.1. The van der Waals surface area contributed by atoms with Crippen molar-refractivity contribution in [3.63, 3.8) is 0 Å². The number of fused-ring (bicyclic) bond motifs is 10. The smallest absolute Gasteiger partial charge is 0.238 e. The first-order valence-corrected chi connectivity index (χ1v) is 24.0. The van der Waals surface area contributed by atoms with Gasteiger partial charge in [0, 0.05) is 43.8 Å². The maximum atomic E-state index is 5.32. The monoisotopic (exact) mass is 879 g/mol. The Labute approximate surface area is 397 Å². The van der Waals surface area contributed by atoms with E-state index in [0.717, 1.165) is 33.4 Å². The summed E-state index contributed by atoms with van der Waals surface area (Å²) in [5.74, 6) is 1.89. The van der Waals surface area contributed by atoms with Crippen LogP contribution in [0.1, 0.15) is 77.6 Å². The summed E-state index contributed by atoms with van der Waals surface area (Å²) < 4.78 is 4.75. The van der Waals surface area contributed by atoms with E-state index in [1.165, 1.54) is 71.5 Å². The molecule has 3 aromatic heterocycles. The minimum absolute atomic E-state index is 0.00660. The Bertz CT molecular complexity index is 3830. The largest absolute Gasteiger partial charge is 0.309 e. The van der Waals surface area contributed by atoms with Crippen molar-refractivity contribution < 1.29 is 0 Å². The normalized spacial score (nSPS) is 16.1. The third-order valence-electron chi connectivity index (χ3n) is 17.1. The molecule has 5 heteroatoms. The summed E-state index contributed by atoms with van der Waals surface area (Å²) in [6.07, 6.45) is 0. The van der Waals surface area contributed by atoms with Gasteiger partial charge in [-0.3, -0.25) is 4.57 Å². The van der Waals surface area contributed by atoms with Crippen LogP contribution in [0.2, 0.25) is 0 Å². The zero-order valence-electron chi connectivity index (χ0n) is 40.0. The number of hydrogen-bond acceptors (Lipinski definition) is 3. The van der Waals surface area contributed by atoms with Crippen molar-refractivity contribution in [3.05, 3.63) is 198 Å². The van der Waals surface area contributed by atoms with Crippen LogP contribution >= 0.6 is 0 Å². The SMILES string of the molecule is CC1(C)c2ccccc2-c2cc3c4cc(-c5ccc6c(c5)c5cc7c(cc5n6-c5nc(-c6ccccc6)nc(-c6ccccc6)n5)C(C)(C)C(C)(C)C7(C)C)ccc4n(-c4ccccc4)c3cc21. The van der Waals surface area contributed by atoms with E-state index >= 15 is 0 Å². The van der Waals surface area contributed by atoms with Gasteiger partial charge in [0.1, 0.15) is 0 Å². The van der Waals surface area contributed by atoms with Gasteiger partial charge in [0.25, 0.3) is 0 Å². The number of para-hydroxylation sites is 1. The Morgan fingerprint density at radius 3 is 1.41 bits per heavy atom. The van der Waals surface area contributed by atoms with Gasteiger partial charge < -0.3 is 4.57 Å². The van der Waals surface area contributed by atoms with Crippen LogP contribution in [0.5, 0.6) is 0 Å². The summed E-state index contributed by atoms with van der Waals surface area (Å²) >= 11 is 0. The number of nitrogens with zero attached hydrogens (tertiary/aromatic N) is 5. The molecule has 0 saturated heterocycles. The molecule has 2 aliphatic rings. The summed E-state index contributed by atoms with van der Waals surface area (Å²) in [7, 11) is 0. The third-order valence-corrected chi connectivity index (χ3v) is 17.1. The summed E-state index contributed by atoms with van der Waals surface area (Å²) in [4.78, 5) is 15.7. The van der Waals surface area contributed by atoms with Crippen molar-refractivity contribution in [3.8, 4) is 56.7 Å². The third kappa shape index (κ3) is 5.47. The van der Waals surface area contributed by atoms with Gasteiger partial charge in [-0.15, -0.1) is 0 Å². The van der Waals surface area contributed by atoms with Crippen LogP contribution in [0.3, 0.4) is 0 Å². The van der Waals surface area contributed by atoms with E-state index in [4.69, 9.17) is 15.0 Å². The van der Waals surface area contributed by atoms with Crippen LogP contribution in [0.15, 0.2) is 176 Å². The molecule has 0 bridgehead atoms. The van der Waals surface area contributed by atoms with Gasteiger partial charge in [0.2, 0.25) is 5.95 Å². The average molecular weight is 880 g/mol. The van der Waals surface area contributed by atoms with Crippen molar-refractivity contribution in [2.24, 2.45) is 5.41 Å². The molecule has 0 amide bonds. The maximum absolute atomic E-state index is 5.32. The van der Waals surface area contributed by atoms with Gasteiger partial charge in [-0.2, -0.15) is 9.97 Å². The van der Waals surface area contributed by atoms with Gasteiger partial charge >= 0.3 is 0 Å². The molecule has 2 aliphatic carbocycles.